The number of para-hydroxylation sites is 2. The lowest BCUT2D eigenvalue weighted by Gasteiger charge is -2.43. The van der Waals surface area contributed by atoms with Crippen molar-refractivity contribution in [2.45, 2.75) is 51.6 Å². The summed E-state index contributed by atoms with van der Waals surface area (Å²) in [6, 6.07) is 7.57. The second-order valence-corrected chi connectivity index (χ2v) is 7.11. The van der Waals surface area contributed by atoms with Gasteiger partial charge in [-0.15, -0.1) is 12.4 Å². The molecule has 1 aromatic carbocycles. The fourth-order valence-corrected chi connectivity index (χ4v) is 3.73. The van der Waals surface area contributed by atoms with Crippen LogP contribution in [0.25, 0.3) is 0 Å². The quantitative estimate of drug-likeness (QED) is 0.661. The topological polar surface area (TPSA) is 50.8 Å². The summed E-state index contributed by atoms with van der Waals surface area (Å²) in [5.74, 6) is 1.23. The highest BCUT2D eigenvalue weighted by Crippen LogP contribution is 2.30. The molecule has 146 valence electrons. The van der Waals surface area contributed by atoms with Crippen LogP contribution >= 0.6 is 12.4 Å². The van der Waals surface area contributed by atoms with Crippen molar-refractivity contribution >= 4 is 24.2 Å². The van der Waals surface area contributed by atoms with Crippen molar-refractivity contribution in [3.05, 3.63) is 24.3 Å². The molecule has 4 rings (SSSR count). The van der Waals surface area contributed by atoms with Crippen LogP contribution in [0.4, 0.5) is 10.5 Å². The number of hydrogen-bond donors (Lipinski definition) is 1. The summed E-state index contributed by atoms with van der Waals surface area (Å²) in [5.41, 5.74) is 0.685. The molecule has 0 radical (unpaired) electrons. The molecule has 5 nitrogen and oxygen atoms in total. The number of nitrogens with zero attached hydrogens (tertiary/aromatic N) is 1. The number of amides is 1. The van der Waals surface area contributed by atoms with Crippen LogP contribution in [0.1, 0.15) is 45.4 Å². The van der Waals surface area contributed by atoms with Crippen molar-refractivity contribution in [2.75, 3.05) is 31.6 Å². The highest BCUT2D eigenvalue weighted by atomic mass is 35.5. The molecule has 26 heavy (non-hydrogen) atoms. The van der Waals surface area contributed by atoms with Crippen LogP contribution in [0.3, 0.4) is 0 Å². The average molecular weight is 383 g/mol. The number of ether oxygens (including phenoxy) is 2. The number of anilines is 1. The van der Waals surface area contributed by atoms with Gasteiger partial charge in [-0.05, 0) is 50.4 Å². The van der Waals surface area contributed by atoms with Gasteiger partial charge >= 0.3 is 6.09 Å². The molecule has 0 spiro atoms. The Morgan fingerprint density at radius 1 is 1.19 bits per heavy atom. The second kappa shape index (κ2) is 10.6. The standard InChI is InChI=1S/C20H30N2O3.ClH/c1-2-3-4-7-14-24-18-9-6-5-8-17(18)21-20(23)25-19-15-22-12-10-16(19)11-13-22;/h5-6,8-9,16,19H,2-4,7,10-15H2,1H3,(H,21,23);1H. The van der Waals surface area contributed by atoms with E-state index >= 15 is 0 Å². The summed E-state index contributed by atoms with van der Waals surface area (Å²) < 4.78 is 11.5. The number of carbonyl (C=O) groups excluding carboxylic acids is 1. The SMILES string of the molecule is CCCCCCOc1ccccc1NC(=O)OC1CN2CCC1CC2.Cl. The van der Waals surface area contributed by atoms with Crippen molar-refractivity contribution in [3.63, 3.8) is 0 Å². The Morgan fingerprint density at radius 3 is 2.65 bits per heavy atom. The zero-order valence-corrected chi connectivity index (χ0v) is 16.4. The van der Waals surface area contributed by atoms with Gasteiger partial charge < -0.3 is 9.47 Å². The Bertz CT molecular complexity index is 562. The number of fused-ring (bicyclic) bond motifs is 3. The van der Waals surface area contributed by atoms with Gasteiger partial charge in [0.2, 0.25) is 0 Å². The molecule has 3 aliphatic rings. The summed E-state index contributed by atoms with van der Waals surface area (Å²) in [4.78, 5) is 14.7. The Labute approximate surface area is 162 Å². The molecule has 3 aliphatic heterocycles. The smallest absolute Gasteiger partial charge is 0.412 e. The maximum atomic E-state index is 12.3. The molecule has 3 heterocycles. The number of benzene rings is 1. The van der Waals surface area contributed by atoms with Crippen molar-refractivity contribution in [3.8, 4) is 5.75 Å². The third kappa shape index (κ3) is 5.78. The lowest BCUT2D eigenvalue weighted by molar-refractivity contribution is -0.0290. The minimum absolute atomic E-state index is 0. The van der Waals surface area contributed by atoms with Gasteiger partial charge in [0.15, 0.2) is 0 Å². The van der Waals surface area contributed by atoms with Gasteiger partial charge in [0.1, 0.15) is 11.9 Å². The predicted molar refractivity (Wildman–Crippen MR) is 106 cm³/mol. The Kier molecular flexibility index (Phi) is 8.52. The summed E-state index contributed by atoms with van der Waals surface area (Å²) in [6.07, 6.45) is 6.56. The first-order valence-corrected chi connectivity index (χ1v) is 9.68. The number of rotatable bonds is 8. The highest BCUT2D eigenvalue weighted by molar-refractivity contribution is 5.86. The summed E-state index contributed by atoms with van der Waals surface area (Å²) >= 11 is 0. The first-order chi connectivity index (χ1) is 12.3. The molecular formula is C20H31ClN2O3. The zero-order valence-electron chi connectivity index (χ0n) is 15.6. The van der Waals surface area contributed by atoms with Gasteiger partial charge in [-0.3, -0.25) is 10.2 Å². The second-order valence-electron chi connectivity index (χ2n) is 7.11. The normalized spacial score (nSPS) is 23.8. The maximum absolute atomic E-state index is 12.3. The van der Waals surface area contributed by atoms with E-state index in [1.807, 2.05) is 24.3 Å². The van der Waals surface area contributed by atoms with E-state index in [0.717, 1.165) is 38.9 Å². The van der Waals surface area contributed by atoms with E-state index in [9.17, 15) is 4.79 Å². The predicted octanol–water partition coefficient (Wildman–Crippen LogP) is 4.71. The van der Waals surface area contributed by atoms with Crippen LogP contribution < -0.4 is 10.1 Å². The third-order valence-electron chi connectivity index (χ3n) is 5.23. The molecule has 0 aliphatic carbocycles. The van der Waals surface area contributed by atoms with E-state index in [1.165, 1.54) is 19.3 Å². The Morgan fingerprint density at radius 2 is 1.96 bits per heavy atom. The molecule has 1 unspecified atom stereocenters. The van der Waals surface area contributed by atoms with Crippen LogP contribution in [0.15, 0.2) is 24.3 Å². The molecule has 3 fully saturated rings. The number of hydrogen-bond acceptors (Lipinski definition) is 4. The Balaban J connectivity index is 0.00000243. The van der Waals surface area contributed by atoms with Crippen molar-refractivity contribution in [1.82, 2.24) is 4.90 Å². The lowest BCUT2D eigenvalue weighted by atomic mass is 9.86. The molecule has 1 atom stereocenters. The zero-order chi connectivity index (χ0) is 17.5. The molecule has 6 heteroatoms. The van der Waals surface area contributed by atoms with E-state index in [1.54, 1.807) is 0 Å². The molecule has 3 saturated heterocycles. The maximum Gasteiger partial charge on any atom is 0.412 e. The van der Waals surface area contributed by atoms with Crippen LogP contribution in [0.5, 0.6) is 5.75 Å². The van der Waals surface area contributed by atoms with E-state index in [0.29, 0.717) is 24.0 Å². The largest absolute Gasteiger partial charge is 0.491 e. The minimum Gasteiger partial charge on any atom is -0.491 e. The molecular weight excluding hydrogens is 352 g/mol. The van der Waals surface area contributed by atoms with E-state index in [2.05, 4.69) is 17.1 Å². The first-order valence-electron chi connectivity index (χ1n) is 9.68. The van der Waals surface area contributed by atoms with Gasteiger partial charge in [-0.2, -0.15) is 0 Å². The monoisotopic (exact) mass is 382 g/mol. The molecule has 1 aromatic rings. The molecule has 0 aromatic heterocycles. The number of unbranched alkanes of at least 4 members (excludes halogenated alkanes) is 3. The number of piperidine rings is 3. The fraction of sp³-hybridized carbons (Fsp3) is 0.650. The summed E-state index contributed by atoms with van der Waals surface area (Å²) in [5, 5.41) is 2.86. The van der Waals surface area contributed by atoms with Gasteiger partial charge in [0.25, 0.3) is 0 Å². The summed E-state index contributed by atoms with van der Waals surface area (Å²) in [6.45, 7) is 6.02. The average Bonchev–Trinajstić information content (AvgIpc) is 2.64. The summed E-state index contributed by atoms with van der Waals surface area (Å²) in [7, 11) is 0. The van der Waals surface area contributed by atoms with Gasteiger partial charge in [-0.25, -0.2) is 4.79 Å². The highest BCUT2D eigenvalue weighted by Gasteiger charge is 2.36. The van der Waals surface area contributed by atoms with Gasteiger partial charge in [0.05, 0.1) is 12.3 Å². The number of carbonyl (C=O) groups is 1. The molecule has 2 bridgehead atoms. The number of halogens is 1. The van der Waals surface area contributed by atoms with Gasteiger partial charge in [0, 0.05) is 6.54 Å². The van der Waals surface area contributed by atoms with Crippen molar-refractivity contribution < 1.29 is 14.3 Å². The van der Waals surface area contributed by atoms with Gasteiger partial charge in [-0.1, -0.05) is 38.3 Å². The van der Waals surface area contributed by atoms with Crippen molar-refractivity contribution in [1.29, 1.82) is 0 Å². The number of nitrogens with one attached hydrogen (secondary N) is 1. The van der Waals surface area contributed by atoms with Crippen LogP contribution in [-0.2, 0) is 4.74 Å². The van der Waals surface area contributed by atoms with Crippen LogP contribution in [-0.4, -0.2) is 43.3 Å². The molecule has 1 N–H and O–H groups in total. The molecule has 0 saturated carbocycles. The van der Waals surface area contributed by atoms with E-state index < -0.39 is 0 Å². The lowest BCUT2D eigenvalue weighted by Crippen LogP contribution is -2.52. The van der Waals surface area contributed by atoms with E-state index in [4.69, 9.17) is 9.47 Å². The van der Waals surface area contributed by atoms with Crippen LogP contribution in [0.2, 0.25) is 0 Å². The van der Waals surface area contributed by atoms with Crippen LogP contribution in [0, 0.1) is 5.92 Å². The van der Waals surface area contributed by atoms with Crippen molar-refractivity contribution in [2.24, 2.45) is 5.92 Å². The minimum atomic E-state index is -0.374. The Hall–Kier alpha value is -1.46. The van der Waals surface area contributed by atoms with E-state index in [-0.39, 0.29) is 24.6 Å². The molecule has 1 amide bonds. The third-order valence-corrected chi connectivity index (χ3v) is 5.23. The fourth-order valence-electron chi connectivity index (χ4n) is 3.73. The first kappa shape index (κ1) is 20.8.